The van der Waals surface area contributed by atoms with Crippen LogP contribution in [0.5, 0.6) is 0 Å². The molecule has 1 aromatic rings. The van der Waals surface area contributed by atoms with E-state index in [2.05, 4.69) is 21.4 Å². The zero-order chi connectivity index (χ0) is 15.0. The summed E-state index contributed by atoms with van der Waals surface area (Å²) < 4.78 is 9.50. The first-order valence-electron chi connectivity index (χ1n) is 7.74. The Morgan fingerprint density at radius 1 is 1.52 bits per heavy atom. The molecule has 1 aliphatic carbocycles. The lowest BCUT2D eigenvalue weighted by atomic mass is 9.71. The third-order valence-electron chi connectivity index (χ3n) is 5.24. The minimum absolute atomic E-state index is 0.131. The molecule has 2 heterocycles. The number of aromatic nitrogens is 2. The molecule has 21 heavy (non-hydrogen) atoms. The molecule has 3 rings (SSSR count). The molecular formula is C15H23N3O2S. The van der Waals surface area contributed by atoms with Gasteiger partial charge in [0.05, 0.1) is 11.8 Å². The van der Waals surface area contributed by atoms with Crippen molar-refractivity contribution in [1.82, 2.24) is 14.5 Å². The van der Waals surface area contributed by atoms with E-state index >= 15 is 0 Å². The van der Waals surface area contributed by atoms with Gasteiger partial charge in [-0.1, -0.05) is 18.3 Å². The van der Waals surface area contributed by atoms with Gasteiger partial charge in [0.15, 0.2) is 0 Å². The zero-order valence-electron chi connectivity index (χ0n) is 13.0. The van der Waals surface area contributed by atoms with Gasteiger partial charge in [-0.15, -0.1) is 5.10 Å². The number of ether oxygens (including phenoxy) is 1. The third kappa shape index (κ3) is 2.48. The number of methoxy groups -OCH3 is 1. The Labute approximate surface area is 129 Å². The highest BCUT2D eigenvalue weighted by Gasteiger charge is 2.49. The van der Waals surface area contributed by atoms with Crippen LogP contribution in [0, 0.1) is 5.41 Å². The molecular weight excluding hydrogens is 286 g/mol. The average molecular weight is 309 g/mol. The van der Waals surface area contributed by atoms with E-state index in [0.29, 0.717) is 12.1 Å². The summed E-state index contributed by atoms with van der Waals surface area (Å²) >= 11 is 1.24. The zero-order valence-corrected chi connectivity index (χ0v) is 13.8. The molecule has 3 atom stereocenters. The minimum atomic E-state index is 0.131. The molecule has 0 radical (unpaired) electrons. The summed E-state index contributed by atoms with van der Waals surface area (Å²) in [7, 11) is 1.79. The van der Waals surface area contributed by atoms with Crippen molar-refractivity contribution in [2.24, 2.45) is 5.41 Å². The lowest BCUT2D eigenvalue weighted by Gasteiger charge is -2.42. The SMILES string of the molecule is CCc1nnsc1C(=O)N1CC[C@@]2(C)C[C@H](OC)CC[C@@H]12. The van der Waals surface area contributed by atoms with E-state index in [-0.39, 0.29) is 11.3 Å². The molecule has 1 aromatic heterocycles. The van der Waals surface area contributed by atoms with Crippen LogP contribution in [0.1, 0.15) is 54.9 Å². The molecule has 1 aliphatic heterocycles. The van der Waals surface area contributed by atoms with Gasteiger partial charge in [0.2, 0.25) is 0 Å². The van der Waals surface area contributed by atoms with Gasteiger partial charge in [-0.25, -0.2) is 0 Å². The lowest BCUT2D eigenvalue weighted by Crippen LogP contribution is -2.46. The van der Waals surface area contributed by atoms with Crippen molar-refractivity contribution >= 4 is 17.4 Å². The van der Waals surface area contributed by atoms with Crippen LogP contribution >= 0.6 is 11.5 Å². The Kier molecular flexibility index (Phi) is 4.01. The predicted octanol–water partition coefficient (Wildman–Crippen LogP) is 2.52. The first kappa shape index (κ1) is 14.9. The quantitative estimate of drug-likeness (QED) is 0.861. The Morgan fingerprint density at radius 3 is 3.05 bits per heavy atom. The van der Waals surface area contributed by atoms with Crippen LogP contribution < -0.4 is 0 Å². The Balaban J connectivity index is 1.80. The fourth-order valence-corrected chi connectivity index (χ4v) is 4.67. The smallest absolute Gasteiger partial charge is 0.267 e. The molecule has 0 bridgehead atoms. The number of aryl methyl sites for hydroxylation is 1. The highest BCUT2D eigenvalue weighted by molar-refractivity contribution is 7.08. The van der Waals surface area contributed by atoms with E-state index in [4.69, 9.17) is 4.74 Å². The summed E-state index contributed by atoms with van der Waals surface area (Å²) in [4.78, 5) is 15.7. The van der Waals surface area contributed by atoms with E-state index in [1.165, 1.54) is 11.5 Å². The molecule has 1 saturated heterocycles. The van der Waals surface area contributed by atoms with Crippen molar-refractivity contribution in [1.29, 1.82) is 0 Å². The standard InChI is InChI=1S/C15H23N3O2S/c1-4-11-13(21-17-16-11)14(19)18-8-7-15(2)9-10(20-3)5-6-12(15)18/h10,12H,4-9H2,1-3H3/t10-,12-,15+/m1/s1. The van der Waals surface area contributed by atoms with Gasteiger partial charge in [0.1, 0.15) is 4.88 Å². The minimum Gasteiger partial charge on any atom is -0.381 e. The van der Waals surface area contributed by atoms with Gasteiger partial charge in [-0.2, -0.15) is 0 Å². The summed E-state index contributed by atoms with van der Waals surface area (Å²) in [6.45, 7) is 5.17. The van der Waals surface area contributed by atoms with Crippen molar-refractivity contribution < 1.29 is 9.53 Å². The Morgan fingerprint density at radius 2 is 2.33 bits per heavy atom. The Hall–Kier alpha value is -1.01. The molecule has 1 amide bonds. The number of nitrogens with zero attached hydrogens (tertiary/aromatic N) is 3. The number of carbonyl (C=O) groups excluding carboxylic acids is 1. The van der Waals surface area contributed by atoms with Crippen molar-refractivity contribution in [2.75, 3.05) is 13.7 Å². The van der Waals surface area contributed by atoms with E-state index < -0.39 is 0 Å². The number of rotatable bonds is 3. The average Bonchev–Trinajstić information content (AvgIpc) is 3.09. The second-order valence-electron chi connectivity index (χ2n) is 6.46. The molecule has 6 heteroatoms. The first-order chi connectivity index (χ1) is 10.1. The van der Waals surface area contributed by atoms with Crippen molar-refractivity contribution in [3.63, 3.8) is 0 Å². The van der Waals surface area contributed by atoms with Gasteiger partial charge >= 0.3 is 0 Å². The lowest BCUT2D eigenvalue weighted by molar-refractivity contribution is -0.00270. The summed E-state index contributed by atoms with van der Waals surface area (Å²) in [5, 5.41) is 4.07. The van der Waals surface area contributed by atoms with E-state index in [1.807, 2.05) is 6.92 Å². The van der Waals surface area contributed by atoms with E-state index in [9.17, 15) is 4.79 Å². The van der Waals surface area contributed by atoms with Gasteiger partial charge < -0.3 is 9.64 Å². The first-order valence-corrected chi connectivity index (χ1v) is 8.51. The Bertz CT molecular complexity index is 533. The van der Waals surface area contributed by atoms with E-state index in [1.54, 1.807) is 7.11 Å². The van der Waals surface area contributed by atoms with Gasteiger partial charge in [0.25, 0.3) is 5.91 Å². The molecule has 2 fully saturated rings. The second kappa shape index (κ2) is 5.65. The summed E-state index contributed by atoms with van der Waals surface area (Å²) in [6.07, 6.45) is 5.31. The van der Waals surface area contributed by atoms with E-state index in [0.717, 1.165) is 49.2 Å². The molecule has 0 N–H and O–H groups in total. The maximum absolute atomic E-state index is 12.9. The number of fused-ring (bicyclic) bond motifs is 1. The second-order valence-corrected chi connectivity index (χ2v) is 7.21. The molecule has 1 saturated carbocycles. The summed E-state index contributed by atoms with van der Waals surface area (Å²) in [6, 6.07) is 0.336. The summed E-state index contributed by atoms with van der Waals surface area (Å²) in [5.41, 5.74) is 1.03. The van der Waals surface area contributed by atoms with Gasteiger partial charge in [-0.05, 0) is 49.1 Å². The molecule has 0 unspecified atom stereocenters. The van der Waals surface area contributed by atoms with Crippen LogP contribution in [0.2, 0.25) is 0 Å². The van der Waals surface area contributed by atoms with Crippen LogP contribution in [-0.4, -0.2) is 46.2 Å². The van der Waals surface area contributed by atoms with Crippen LogP contribution in [0.3, 0.4) is 0 Å². The number of hydrogen-bond donors (Lipinski definition) is 0. The molecule has 5 nitrogen and oxygen atoms in total. The maximum atomic E-state index is 12.9. The van der Waals surface area contributed by atoms with Crippen LogP contribution in [0.15, 0.2) is 0 Å². The third-order valence-corrected chi connectivity index (χ3v) is 6.00. The van der Waals surface area contributed by atoms with Crippen molar-refractivity contribution in [2.45, 2.75) is 58.1 Å². The number of carbonyl (C=O) groups is 1. The monoisotopic (exact) mass is 309 g/mol. The van der Waals surface area contributed by atoms with Crippen LogP contribution in [0.25, 0.3) is 0 Å². The number of likely N-dealkylation sites (tertiary alicyclic amines) is 1. The fraction of sp³-hybridized carbons (Fsp3) is 0.800. The highest BCUT2D eigenvalue weighted by atomic mass is 32.1. The highest BCUT2D eigenvalue weighted by Crippen LogP contribution is 2.47. The normalized spacial score (nSPS) is 32.2. The molecule has 2 aliphatic rings. The van der Waals surface area contributed by atoms with Gasteiger partial charge in [-0.3, -0.25) is 4.79 Å². The van der Waals surface area contributed by atoms with Crippen LogP contribution in [-0.2, 0) is 11.2 Å². The van der Waals surface area contributed by atoms with Gasteiger partial charge in [0, 0.05) is 19.7 Å². The molecule has 116 valence electrons. The van der Waals surface area contributed by atoms with Crippen molar-refractivity contribution in [3.8, 4) is 0 Å². The summed E-state index contributed by atoms with van der Waals surface area (Å²) in [5.74, 6) is 0.131. The molecule has 0 spiro atoms. The number of hydrogen-bond acceptors (Lipinski definition) is 5. The van der Waals surface area contributed by atoms with Crippen molar-refractivity contribution in [3.05, 3.63) is 10.6 Å². The fourth-order valence-electron chi connectivity index (χ4n) is 3.96. The topological polar surface area (TPSA) is 55.3 Å². The number of amides is 1. The maximum Gasteiger partial charge on any atom is 0.267 e. The van der Waals surface area contributed by atoms with Crippen LogP contribution in [0.4, 0.5) is 0 Å². The molecule has 0 aromatic carbocycles. The predicted molar refractivity (Wildman–Crippen MR) is 81.5 cm³/mol. The largest absolute Gasteiger partial charge is 0.381 e.